The molecular weight excluding hydrogens is 401 g/mol. The van der Waals surface area contributed by atoms with Crippen molar-refractivity contribution in [3.8, 4) is 17.2 Å². The summed E-state index contributed by atoms with van der Waals surface area (Å²) in [4.78, 5) is 25.7. The number of alkyl halides is 1. The van der Waals surface area contributed by atoms with Crippen molar-refractivity contribution >= 4 is 39.4 Å². The van der Waals surface area contributed by atoms with Gasteiger partial charge in [0.25, 0.3) is 0 Å². The van der Waals surface area contributed by atoms with Crippen molar-refractivity contribution in [2.75, 3.05) is 31.5 Å². The largest absolute Gasteiger partial charge is 0.497 e. The Morgan fingerprint density at radius 3 is 2.87 bits per heavy atom. The van der Waals surface area contributed by atoms with E-state index in [0.717, 1.165) is 10.8 Å². The van der Waals surface area contributed by atoms with E-state index in [1.54, 1.807) is 50.8 Å². The lowest BCUT2D eigenvalue weighted by atomic mass is 10.1. The van der Waals surface area contributed by atoms with Crippen LogP contribution in [0.2, 0.25) is 0 Å². The molecule has 5 rings (SSSR count). The molecule has 0 aliphatic heterocycles. The average Bonchev–Trinajstić information content (AvgIpc) is 3.48. The number of hydrogen-bond donors (Lipinski definition) is 2. The predicted octanol–water partition coefficient (Wildman–Crippen LogP) is 4.03. The highest BCUT2D eigenvalue weighted by atomic mass is 19.1. The summed E-state index contributed by atoms with van der Waals surface area (Å²) in [6.07, 6.45) is 3.88. The van der Waals surface area contributed by atoms with Gasteiger partial charge >= 0.3 is 0 Å². The minimum absolute atomic E-state index is 0.187. The molecule has 1 fully saturated rings. The smallest absolute Gasteiger partial charge is 0.229 e. The third kappa shape index (κ3) is 3.41. The van der Waals surface area contributed by atoms with E-state index in [1.165, 1.54) is 0 Å². The molecule has 3 heterocycles. The number of oxazole rings is 1. The number of pyridine rings is 2. The summed E-state index contributed by atoms with van der Waals surface area (Å²) in [5.41, 5.74) is 1.94. The molecule has 1 aromatic carbocycles. The van der Waals surface area contributed by atoms with Crippen LogP contribution in [0.15, 0.2) is 41.1 Å². The van der Waals surface area contributed by atoms with Gasteiger partial charge in [-0.3, -0.25) is 9.18 Å². The molecule has 1 aliphatic carbocycles. The normalized spacial score (nSPS) is 17.6. The Hall–Kier alpha value is -3.75. The summed E-state index contributed by atoms with van der Waals surface area (Å²) < 4.78 is 24.0. The molecular formula is C22H20FN5O3. The lowest BCUT2D eigenvalue weighted by Crippen LogP contribution is -2.16. The SMILES string of the molecule is CNc1ncc(-c2nc3cc(OC)ccc3o2)c2cc(NC(=O)C3CC3CF)ncc12. The average molecular weight is 421 g/mol. The zero-order valence-electron chi connectivity index (χ0n) is 17.0. The van der Waals surface area contributed by atoms with Crippen LogP contribution in [-0.4, -0.2) is 41.7 Å². The van der Waals surface area contributed by atoms with Crippen LogP contribution in [-0.2, 0) is 4.79 Å². The number of methoxy groups -OCH3 is 1. The number of hydrogen-bond acceptors (Lipinski definition) is 7. The summed E-state index contributed by atoms with van der Waals surface area (Å²) in [6, 6.07) is 7.15. The summed E-state index contributed by atoms with van der Waals surface area (Å²) in [5, 5.41) is 7.36. The molecule has 8 nitrogen and oxygen atoms in total. The molecule has 3 aromatic heterocycles. The van der Waals surface area contributed by atoms with Gasteiger partial charge in [0, 0.05) is 42.2 Å². The van der Waals surface area contributed by atoms with Crippen LogP contribution in [0.5, 0.6) is 5.75 Å². The van der Waals surface area contributed by atoms with Crippen molar-refractivity contribution < 1.29 is 18.3 Å². The number of amides is 1. The van der Waals surface area contributed by atoms with E-state index in [9.17, 15) is 9.18 Å². The van der Waals surface area contributed by atoms with Crippen LogP contribution in [0.3, 0.4) is 0 Å². The molecule has 0 spiro atoms. The van der Waals surface area contributed by atoms with Gasteiger partial charge in [0.2, 0.25) is 11.8 Å². The van der Waals surface area contributed by atoms with Gasteiger partial charge in [-0.05, 0) is 30.5 Å². The quantitative estimate of drug-likeness (QED) is 0.484. The Kier molecular flexibility index (Phi) is 4.65. The fourth-order valence-electron chi connectivity index (χ4n) is 3.68. The lowest BCUT2D eigenvalue weighted by Gasteiger charge is -2.10. The third-order valence-electron chi connectivity index (χ3n) is 5.54. The summed E-state index contributed by atoms with van der Waals surface area (Å²) in [5.74, 6) is 1.41. The highest BCUT2D eigenvalue weighted by Gasteiger charge is 2.43. The van der Waals surface area contributed by atoms with Gasteiger partial charge in [-0.2, -0.15) is 0 Å². The molecule has 0 radical (unpaired) electrons. The van der Waals surface area contributed by atoms with Crippen LogP contribution < -0.4 is 15.4 Å². The number of carbonyl (C=O) groups excluding carboxylic acids is 1. The van der Waals surface area contributed by atoms with Crippen molar-refractivity contribution in [2.45, 2.75) is 6.42 Å². The Balaban J connectivity index is 1.58. The zero-order chi connectivity index (χ0) is 21.5. The maximum Gasteiger partial charge on any atom is 0.229 e. The van der Waals surface area contributed by atoms with Crippen molar-refractivity contribution in [3.63, 3.8) is 0 Å². The fourth-order valence-corrected chi connectivity index (χ4v) is 3.68. The monoisotopic (exact) mass is 421 g/mol. The number of aromatic nitrogens is 3. The van der Waals surface area contributed by atoms with E-state index in [-0.39, 0.29) is 17.7 Å². The van der Waals surface area contributed by atoms with Crippen LogP contribution in [0.25, 0.3) is 33.3 Å². The van der Waals surface area contributed by atoms with E-state index in [2.05, 4.69) is 25.6 Å². The molecule has 0 bridgehead atoms. The molecule has 2 N–H and O–H groups in total. The minimum atomic E-state index is -0.479. The molecule has 1 aliphatic rings. The standard InChI is InChI=1S/C22H20FN5O3/c1-24-20-15-9-25-19(28-21(29)13-5-11(13)8-23)7-14(15)16(10-26-20)22-27-17-6-12(30-2)3-4-18(17)31-22/h3-4,6-7,9-11,13H,5,8H2,1-2H3,(H,24,26)(H,25,28,29). The van der Waals surface area contributed by atoms with Gasteiger partial charge < -0.3 is 19.8 Å². The highest BCUT2D eigenvalue weighted by Crippen LogP contribution is 2.40. The van der Waals surface area contributed by atoms with Gasteiger partial charge in [0.05, 0.1) is 19.3 Å². The minimum Gasteiger partial charge on any atom is -0.497 e. The van der Waals surface area contributed by atoms with Crippen LogP contribution in [0, 0.1) is 11.8 Å². The molecule has 4 aromatic rings. The Morgan fingerprint density at radius 1 is 1.26 bits per heavy atom. The van der Waals surface area contributed by atoms with E-state index in [1.807, 2.05) is 0 Å². The maximum atomic E-state index is 12.8. The predicted molar refractivity (Wildman–Crippen MR) is 115 cm³/mol. The number of halogens is 1. The fraction of sp³-hybridized carbons (Fsp3) is 0.273. The second-order valence-corrected chi connectivity index (χ2v) is 7.48. The molecule has 158 valence electrons. The molecule has 2 atom stereocenters. The van der Waals surface area contributed by atoms with Gasteiger partial charge in [0.15, 0.2) is 5.58 Å². The van der Waals surface area contributed by atoms with Crippen LogP contribution in [0.4, 0.5) is 16.0 Å². The first-order valence-corrected chi connectivity index (χ1v) is 9.89. The molecule has 31 heavy (non-hydrogen) atoms. The first-order chi connectivity index (χ1) is 15.1. The number of nitrogens with zero attached hydrogens (tertiary/aromatic N) is 3. The Labute approximate surface area is 176 Å². The highest BCUT2D eigenvalue weighted by molar-refractivity contribution is 6.03. The Morgan fingerprint density at radius 2 is 2.13 bits per heavy atom. The topological polar surface area (TPSA) is 102 Å². The second kappa shape index (κ2) is 7.50. The van der Waals surface area contributed by atoms with Crippen molar-refractivity contribution in [1.82, 2.24) is 15.0 Å². The second-order valence-electron chi connectivity index (χ2n) is 7.48. The first kappa shape index (κ1) is 19.2. The molecule has 1 saturated carbocycles. The van der Waals surface area contributed by atoms with Gasteiger partial charge in [0.1, 0.15) is 22.9 Å². The number of fused-ring (bicyclic) bond motifs is 2. The van der Waals surface area contributed by atoms with Gasteiger partial charge in [-0.15, -0.1) is 0 Å². The molecule has 0 saturated heterocycles. The van der Waals surface area contributed by atoms with Crippen molar-refractivity contribution in [2.24, 2.45) is 11.8 Å². The van der Waals surface area contributed by atoms with Crippen LogP contribution in [0.1, 0.15) is 6.42 Å². The van der Waals surface area contributed by atoms with E-state index >= 15 is 0 Å². The van der Waals surface area contributed by atoms with E-state index in [4.69, 9.17) is 9.15 Å². The number of anilines is 2. The number of benzene rings is 1. The van der Waals surface area contributed by atoms with E-state index < -0.39 is 6.67 Å². The summed E-state index contributed by atoms with van der Waals surface area (Å²) >= 11 is 0. The number of rotatable bonds is 6. The van der Waals surface area contributed by atoms with Gasteiger partial charge in [-0.1, -0.05) is 0 Å². The summed E-state index contributed by atoms with van der Waals surface area (Å²) in [7, 11) is 3.36. The molecule has 1 amide bonds. The van der Waals surface area contributed by atoms with Crippen molar-refractivity contribution in [3.05, 3.63) is 36.7 Å². The molecule has 9 heteroatoms. The third-order valence-corrected chi connectivity index (χ3v) is 5.54. The number of carbonyl (C=O) groups is 1. The zero-order valence-corrected chi connectivity index (χ0v) is 17.0. The van der Waals surface area contributed by atoms with Crippen LogP contribution >= 0.6 is 0 Å². The maximum absolute atomic E-state index is 12.8. The molecule has 2 unspecified atom stereocenters. The summed E-state index contributed by atoms with van der Waals surface area (Å²) in [6.45, 7) is -0.479. The lowest BCUT2D eigenvalue weighted by molar-refractivity contribution is -0.117. The van der Waals surface area contributed by atoms with Gasteiger partial charge in [-0.25, -0.2) is 15.0 Å². The van der Waals surface area contributed by atoms with Crippen molar-refractivity contribution in [1.29, 1.82) is 0 Å². The number of nitrogens with one attached hydrogen (secondary N) is 2. The Bertz CT molecular complexity index is 1310. The van der Waals surface area contributed by atoms with E-state index in [0.29, 0.717) is 46.4 Å². The first-order valence-electron chi connectivity index (χ1n) is 9.89. The number of ether oxygens (including phenoxy) is 1.